The predicted molar refractivity (Wildman–Crippen MR) is 216 cm³/mol. The third kappa shape index (κ3) is 17.9. The van der Waals surface area contributed by atoms with Crippen LogP contribution in [0.2, 0.25) is 0 Å². The van der Waals surface area contributed by atoms with Crippen LogP contribution in [0.15, 0.2) is 90.0 Å². The third-order valence-electron chi connectivity index (χ3n) is 8.12. The molecule has 0 saturated carbocycles. The lowest BCUT2D eigenvalue weighted by Crippen LogP contribution is -2.10. The van der Waals surface area contributed by atoms with E-state index in [4.69, 9.17) is 62.4 Å². The molecule has 0 fully saturated rings. The van der Waals surface area contributed by atoms with Crippen LogP contribution < -0.4 is 28.4 Å². The third-order valence-corrected chi connectivity index (χ3v) is 8.12. The SMILES string of the molecule is COCCOCCOc1ccc(COc2cc(CN=[N+]=[N-])cc(OCc3ccc(OCCOCCOC)cc3)c2OCc2ccc(OCCOCCOC)cc2)cc1. The first kappa shape index (κ1) is 45.5. The molecule has 15 nitrogen and oxygen atoms in total. The minimum atomic E-state index is 0.0881. The lowest BCUT2D eigenvalue weighted by Gasteiger charge is -2.19. The second-order valence-corrected chi connectivity index (χ2v) is 12.5. The van der Waals surface area contributed by atoms with Crippen molar-refractivity contribution in [2.24, 2.45) is 5.11 Å². The minimum absolute atomic E-state index is 0.0881. The van der Waals surface area contributed by atoms with Gasteiger partial charge in [-0.05, 0) is 76.3 Å². The number of hydrogen-bond donors (Lipinski definition) is 0. The van der Waals surface area contributed by atoms with E-state index in [1.807, 2.05) is 72.8 Å². The molecule has 0 bridgehead atoms. The lowest BCUT2D eigenvalue weighted by molar-refractivity contribution is 0.0544. The number of nitrogens with zero attached hydrogens (tertiary/aromatic N) is 3. The molecule has 0 atom stereocenters. The van der Waals surface area contributed by atoms with Gasteiger partial charge in [-0.1, -0.05) is 41.5 Å². The van der Waals surface area contributed by atoms with E-state index in [-0.39, 0.29) is 26.4 Å². The average molecular weight is 806 g/mol. The van der Waals surface area contributed by atoms with Gasteiger partial charge in [-0.3, -0.25) is 0 Å². The van der Waals surface area contributed by atoms with Crippen molar-refractivity contribution in [1.82, 2.24) is 0 Å². The van der Waals surface area contributed by atoms with Crippen molar-refractivity contribution in [2.75, 3.05) is 101 Å². The summed E-state index contributed by atoms with van der Waals surface area (Å²) < 4.78 is 68.1. The molecule has 0 aromatic heterocycles. The normalized spacial score (nSPS) is 10.8. The predicted octanol–water partition coefficient (Wildman–Crippen LogP) is 7.36. The molecule has 0 N–H and O–H groups in total. The van der Waals surface area contributed by atoms with E-state index in [0.717, 1.165) is 16.7 Å². The van der Waals surface area contributed by atoms with E-state index < -0.39 is 0 Å². The maximum atomic E-state index is 9.10. The smallest absolute Gasteiger partial charge is 0.203 e. The van der Waals surface area contributed by atoms with Crippen molar-refractivity contribution in [3.8, 4) is 34.5 Å². The maximum absolute atomic E-state index is 9.10. The Bertz CT molecular complexity index is 1650. The van der Waals surface area contributed by atoms with Gasteiger partial charge >= 0.3 is 0 Å². The van der Waals surface area contributed by atoms with E-state index in [1.54, 1.807) is 33.5 Å². The zero-order valence-electron chi connectivity index (χ0n) is 33.6. The number of benzene rings is 4. The summed E-state index contributed by atoms with van der Waals surface area (Å²) in [4.78, 5) is 2.95. The highest BCUT2D eigenvalue weighted by molar-refractivity contribution is 5.54. The molecule has 0 saturated heterocycles. The molecule has 58 heavy (non-hydrogen) atoms. The number of ether oxygens (including phenoxy) is 12. The molecule has 314 valence electrons. The molecule has 4 aromatic rings. The van der Waals surface area contributed by atoms with Gasteiger partial charge in [0.25, 0.3) is 0 Å². The molecular weight excluding hydrogens is 750 g/mol. The van der Waals surface area contributed by atoms with Crippen molar-refractivity contribution in [3.05, 3.63) is 118 Å². The van der Waals surface area contributed by atoms with Crippen molar-refractivity contribution in [3.63, 3.8) is 0 Å². The maximum Gasteiger partial charge on any atom is 0.203 e. The zero-order chi connectivity index (χ0) is 40.9. The van der Waals surface area contributed by atoms with E-state index in [9.17, 15) is 0 Å². The highest BCUT2D eigenvalue weighted by Gasteiger charge is 2.17. The fraction of sp³-hybridized carbons (Fsp3) is 0.442. The Labute approximate surface area is 340 Å². The molecule has 0 aliphatic carbocycles. The van der Waals surface area contributed by atoms with Gasteiger partial charge in [0, 0.05) is 26.2 Å². The number of rotatable bonds is 32. The van der Waals surface area contributed by atoms with Crippen LogP contribution in [-0.4, -0.2) is 101 Å². The van der Waals surface area contributed by atoms with Crippen LogP contribution in [0.4, 0.5) is 0 Å². The Morgan fingerprint density at radius 3 is 1.10 bits per heavy atom. The van der Waals surface area contributed by atoms with Crippen LogP contribution >= 0.6 is 0 Å². The lowest BCUT2D eigenvalue weighted by atomic mass is 10.1. The fourth-order valence-electron chi connectivity index (χ4n) is 5.10. The monoisotopic (exact) mass is 805 g/mol. The molecule has 0 radical (unpaired) electrons. The van der Waals surface area contributed by atoms with Gasteiger partial charge < -0.3 is 56.8 Å². The van der Waals surface area contributed by atoms with Gasteiger partial charge in [-0.15, -0.1) is 0 Å². The molecular formula is C43H55N3O12. The van der Waals surface area contributed by atoms with E-state index in [0.29, 0.717) is 119 Å². The molecule has 0 unspecified atom stereocenters. The first-order valence-corrected chi connectivity index (χ1v) is 19.0. The first-order chi connectivity index (χ1) is 28.6. The van der Waals surface area contributed by atoms with Crippen molar-refractivity contribution < 1.29 is 56.8 Å². The van der Waals surface area contributed by atoms with Crippen LogP contribution in [0.1, 0.15) is 22.3 Å². The summed E-state index contributed by atoms with van der Waals surface area (Å²) in [5, 5.41) is 3.79. The Hall–Kier alpha value is -5.25. The van der Waals surface area contributed by atoms with Crippen LogP contribution in [0.5, 0.6) is 34.5 Å². The zero-order valence-corrected chi connectivity index (χ0v) is 33.6. The molecule has 0 aliphatic heterocycles. The summed E-state index contributed by atoms with van der Waals surface area (Å²) in [5.74, 6) is 3.41. The number of methoxy groups -OCH3 is 3. The van der Waals surface area contributed by atoms with Gasteiger partial charge in [0.1, 0.15) is 56.9 Å². The van der Waals surface area contributed by atoms with Crippen molar-refractivity contribution >= 4 is 0 Å². The summed E-state index contributed by atoms with van der Waals surface area (Å²) in [7, 11) is 4.91. The Kier molecular flexibility index (Phi) is 22.1. The first-order valence-electron chi connectivity index (χ1n) is 19.0. The quantitative estimate of drug-likeness (QED) is 0.0209. The summed E-state index contributed by atoms with van der Waals surface area (Å²) in [6.07, 6.45) is 0. The van der Waals surface area contributed by atoms with Crippen LogP contribution in [0.3, 0.4) is 0 Å². The number of azide groups is 1. The second-order valence-electron chi connectivity index (χ2n) is 12.5. The molecule has 4 aromatic carbocycles. The molecule has 0 spiro atoms. The van der Waals surface area contributed by atoms with Gasteiger partial charge in [0.15, 0.2) is 11.5 Å². The topological polar surface area (TPSA) is 160 Å². The van der Waals surface area contributed by atoms with Gasteiger partial charge in [0.2, 0.25) is 5.75 Å². The highest BCUT2D eigenvalue weighted by atomic mass is 16.6. The van der Waals surface area contributed by atoms with Gasteiger partial charge in [-0.25, -0.2) is 0 Å². The van der Waals surface area contributed by atoms with Crippen LogP contribution in [-0.2, 0) is 54.8 Å². The summed E-state index contributed by atoms with van der Waals surface area (Å²) in [6, 6.07) is 26.5. The van der Waals surface area contributed by atoms with Crippen LogP contribution in [0.25, 0.3) is 10.4 Å². The van der Waals surface area contributed by atoms with Gasteiger partial charge in [0.05, 0.1) is 66.0 Å². The Morgan fingerprint density at radius 2 is 0.759 bits per heavy atom. The van der Waals surface area contributed by atoms with Crippen molar-refractivity contribution in [1.29, 1.82) is 0 Å². The highest BCUT2D eigenvalue weighted by Crippen LogP contribution is 2.41. The molecule has 0 amide bonds. The molecule has 15 heteroatoms. The van der Waals surface area contributed by atoms with E-state index >= 15 is 0 Å². The summed E-state index contributed by atoms with van der Waals surface area (Å²) in [6.45, 7) is 6.55. The second kappa shape index (κ2) is 28.2. The largest absolute Gasteiger partial charge is 0.491 e. The average Bonchev–Trinajstić information content (AvgIpc) is 3.25. The molecule has 4 rings (SSSR count). The minimum Gasteiger partial charge on any atom is -0.491 e. The van der Waals surface area contributed by atoms with Crippen molar-refractivity contribution in [2.45, 2.75) is 26.4 Å². The van der Waals surface area contributed by atoms with E-state index in [1.165, 1.54) is 0 Å². The van der Waals surface area contributed by atoms with Gasteiger partial charge in [-0.2, -0.15) is 0 Å². The fourth-order valence-corrected chi connectivity index (χ4v) is 5.10. The van der Waals surface area contributed by atoms with Crippen LogP contribution in [0, 0.1) is 0 Å². The molecule has 0 aliphatic rings. The number of hydrogen-bond acceptors (Lipinski definition) is 13. The Morgan fingerprint density at radius 1 is 0.414 bits per heavy atom. The van der Waals surface area contributed by atoms with E-state index in [2.05, 4.69) is 10.0 Å². The Balaban J connectivity index is 1.46. The summed E-state index contributed by atoms with van der Waals surface area (Å²) in [5.41, 5.74) is 12.5. The summed E-state index contributed by atoms with van der Waals surface area (Å²) >= 11 is 0. The standard InChI is InChI=1S/C43H55N3O12/c1-47-16-19-50-22-25-53-38-10-4-34(5-11-38)31-56-41-28-37(30-45-46-44)29-42(57-32-35-6-12-39(13-7-35)54-26-23-51-20-17-48-2)43(41)58-33-36-8-14-40(15-9-36)55-27-24-52-21-18-49-3/h4-15,28-29H,16-27,30-33H2,1-3H3. The molecule has 0 heterocycles.